The van der Waals surface area contributed by atoms with Crippen molar-refractivity contribution in [2.75, 3.05) is 11.4 Å². The van der Waals surface area contributed by atoms with Crippen LogP contribution in [-0.4, -0.2) is 22.7 Å². The van der Waals surface area contributed by atoms with Gasteiger partial charge in [0.1, 0.15) is 5.82 Å². The standard InChI is InChI=1S/C17H17FN2O2/c1-17(2)10-20(16(21)22)14-8-11(9-19-15(14)17)7-12-5-3-4-6-13(12)18/h3-6,8-9H,7,10H2,1-2H3,(H,21,22). The highest BCUT2D eigenvalue weighted by Gasteiger charge is 2.39. The summed E-state index contributed by atoms with van der Waals surface area (Å²) in [6.45, 7) is 4.32. The van der Waals surface area contributed by atoms with Gasteiger partial charge in [0.25, 0.3) is 0 Å². The van der Waals surface area contributed by atoms with Crippen molar-refractivity contribution in [3.63, 3.8) is 0 Å². The average molecular weight is 300 g/mol. The Morgan fingerprint density at radius 2 is 2.14 bits per heavy atom. The Bertz CT molecular complexity index is 743. The summed E-state index contributed by atoms with van der Waals surface area (Å²) >= 11 is 0. The van der Waals surface area contributed by atoms with Gasteiger partial charge in [0, 0.05) is 24.6 Å². The molecule has 0 bridgehead atoms. The number of carbonyl (C=O) groups is 1. The van der Waals surface area contributed by atoms with E-state index in [1.54, 1.807) is 30.5 Å². The van der Waals surface area contributed by atoms with Crippen LogP contribution in [0.4, 0.5) is 14.9 Å². The molecule has 0 spiro atoms. The summed E-state index contributed by atoms with van der Waals surface area (Å²) in [5.74, 6) is -0.265. The SMILES string of the molecule is CC1(C)CN(C(=O)O)c2cc(Cc3ccccc3F)cnc21. The van der Waals surface area contributed by atoms with Crippen LogP contribution in [0.15, 0.2) is 36.5 Å². The molecule has 3 rings (SSSR count). The molecular weight excluding hydrogens is 283 g/mol. The van der Waals surface area contributed by atoms with Crippen molar-refractivity contribution < 1.29 is 14.3 Å². The number of anilines is 1. The van der Waals surface area contributed by atoms with Crippen LogP contribution in [0.1, 0.15) is 30.7 Å². The highest BCUT2D eigenvalue weighted by Crippen LogP contribution is 2.39. The second kappa shape index (κ2) is 5.09. The molecule has 0 unspecified atom stereocenters. The Labute approximate surface area is 128 Å². The van der Waals surface area contributed by atoms with Gasteiger partial charge in [-0.25, -0.2) is 9.18 Å². The Morgan fingerprint density at radius 3 is 2.82 bits per heavy atom. The number of hydrogen-bond donors (Lipinski definition) is 1. The summed E-state index contributed by atoms with van der Waals surface area (Å²) in [7, 11) is 0. The third-order valence-corrected chi connectivity index (χ3v) is 3.99. The van der Waals surface area contributed by atoms with Gasteiger partial charge < -0.3 is 5.11 Å². The van der Waals surface area contributed by atoms with Gasteiger partial charge in [-0.1, -0.05) is 32.0 Å². The van der Waals surface area contributed by atoms with E-state index >= 15 is 0 Å². The van der Waals surface area contributed by atoms with Crippen LogP contribution < -0.4 is 4.90 Å². The van der Waals surface area contributed by atoms with Crippen molar-refractivity contribution in [2.24, 2.45) is 0 Å². The summed E-state index contributed by atoms with van der Waals surface area (Å²) < 4.78 is 13.8. The molecule has 0 aliphatic carbocycles. The number of aromatic nitrogens is 1. The van der Waals surface area contributed by atoms with Crippen LogP contribution in [0.25, 0.3) is 0 Å². The van der Waals surface area contributed by atoms with E-state index in [4.69, 9.17) is 0 Å². The third-order valence-electron chi connectivity index (χ3n) is 3.99. The van der Waals surface area contributed by atoms with E-state index in [0.29, 0.717) is 24.2 Å². The lowest BCUT2D eigenvalue weighted by molar-refractivity contribution is 0.201. The van der Waals surface area contributed by atoms with Crippen molar-refractivity contribution >= 4 is 11.8 Å². The summed E-state index contributed by atoms with van der Waals surface area (Å²) in [4.78, 5) is 17.2. The van der Waals surface area contributed by atoms with Crippen LogP contribution in [0, 0.1) is 5.82 Å². The minimum absolute atomic E-state index is 0.265. The number of hydrogen-bond acceptors (Lipinski definition) is 2. The van der Waals surface area contributed by atoms with Gasteiger partial charge >= 0.3 is 6.09 Å². The Morgan fingerprint density at radius 1 is 1.41 bits per heavy atom. The zero-order valence-electron chi connectivity index (χ0n) is 12.5. The number of carboxylic acid groups (broad SMARTS) is 1. The molecule has 0 saturated heterocycles. The molecule has 1 aromatic carbocycles. The maximum Gasteiger partial charge on any atom is 0.411 e. The van der Waals surface area contributed by atoms with E-state index in [1.807, 2.05) is 13.8 Å². The molecule has 1 N–H and O–H groups in total. The van der Waals surface area contributed by atoms with E-state index in [1.165, 1.54) is 11.0 Å². The third kappa shape index (κ3) is 2.43. The summed E-state index contributed by atoms with van der Waals surface area (Å²) in [6.07, 6.45) is 1.11. The van der Waals surface area contributed by atoms with E-state index in [9.17, 15) is 14.3 Å². The molecule has 1 aliphatic heterocycles. The first-order valence-electron chi connectivity index (χ1n) is 7.12. The highest BCUT2D eigenvalue weighted by atomic mass is 19.1. The monoisotopic (exact) mass is 300 g/mol. The topological polar surface area (TPSA) is 53.4 Å². The molecule has 2 aromatic rings. The Kier molecular flexibility index (Phi) is 3.35. The Hall–Kier alpha value is -2.43. The zero-order valence-corrected chi connectivity index (χ0v) is 12.5. The van der Waals surface area contributed by atoms with Crippen LogP contribution in [0.3, 0.4) is 0 Å². The molecule has 1 amide bonds. The number of nitrogens with zero attached hydrogens (tertiary/aromatic N) is 2. The maximum absolute atomic E-state index is 13.8. The number of benzene rings is 1. The van der Waals surface area contributed by atoms with Gasteiger partial charge in [0.15, 0.2) is 0 Å². The van der Waals surface area contributed by atoms with Crippen LogP contribution in [-0.2, 0) is 11.8 Å². The molecule has 0 radical (unpaired) electrons. The molecule has 5 heteroatoms. The molecule has 4 nitrogen and oxygen atoms in total. The zero-order chi connectivity index (χ0) is 15.9. The largest absolute Gasteiger partial charge is 0.465 e. The fourth-order valence-electron chi connectivity index (χ4n) is 2.91. The predicted molar refractivity (Wildman–Crippen MR) is 81.8 cm³/mol. The highest BCUT2D eigenvalue weighted by molar-refractivity contribution is 5.89. The van der Waals surface area contributed by atoms with Gasteiger partial charge in [0.05, 0.1) is 11.4 Å². The van der Waals surface area contributed by atoms with Gasteiger partial charge in [-0.05, 0) is 23.3 Å². The van der Waals surface area contributed by atoms with E-state index in [-0.39, 0.29) is 11.2 Å². The molecule has 1 aliphatic rings. The smallest absolute Gasteiger partial charge is 0.411 e. The van der Waals surface area contributed by atoms with Crippen LogP contribution >= 0.6 is 0 Å². The number of rotatable bonds is 2. The molecular formula is C17H17FN2O2. The van der Waals surface area contributed by atoms with Gasteiger partial charge in [-0.2, -0.15) is 0 Å². The summed E-state index contributed by atoms with van der Waals surface area (Å²) in [5.41, 5.74) is 2.43. The first kappa shape index (κ1) is 14.5. The maximum atomic E-state index is 13.8. The lowest BCUT2D eigenvalue weighted by Crippen LogP contribution is -2.32. The lowest BCUT2D eigenvalue weighted by Gasteiger charge is -2.17. The summed E-state index contributed by atoms with van der Waals surface area (Å²) in [5, 5.41) is 9.36. The number of amides is 1. The second-order valence-corrected chi connectivity index (χ2v) is 6.23. The molecule has 22 heavy (non-hydrogen) atoms. The van der Waals surface area contributed by atoms with Gasteiger partial charge in [0.2, 0.25) is 0 Å². The normalized spacial score (nSPS) is 15.7. The Balaban J connectivity index is 1.99. The van der Waals surface area contributed by atoms with Gasteiger partial charge in [-0.3, -0.25) is 9.88 Å². The molecule has 1 aromatic heterocycles. The number of pyridine rings is 1. The molecule has 2 heterocycles. The van der Waals surface area contributed by atoms with E-state index < -0.39 is 6.09 Å². The second-order valence-electron chi connectivity index (χ2n) is 6.23. The number of fused-ring (bicyclic) bond motifs is 1. The predicted octanol–water partition coefficient (Wildman–Crippen LogP) is 3.59. The van der Waals surface area contributed by atoms with Crippen molar-refractivity contribution in [1.29, 1.82) is 0 Å². The summed E-state index contributed by atoms with van der Waals surface area (Å²) in [6, 6.07) is 8.38. The fourth-order valence-corrected chi connectivity index (χ4v) is 2.91. The van der Waals surface area contributed by atoms with Crippen LogP contribution in [0.5, 0.6) is 0 Å². The molecule has 0 fully saturated rings. The quantitative estimate of drug-likeness (QED) is 0.922. The average Bonchev–Trinajstić information content (AvgIpc) is 2.73. The molecule has 0 atom stereocenters. The van der Waals surface area contributed by atoms with Crippen LogP contribution in [0.2, 0.25) is 0 Å². The molecule has 114 valence electrons. The molecule has 0 saturated carbocycles. The number of halogens is 1. The van der Waals surface area contributed by atoms with Crippen molar-refractivity contribution in [3.05, 3.63) is 59.2 Å². The first-order valence-corrected chi connectivity index (χ1v) is 7.12. The first-order chi connectivity index (χ1) is 10.4. The van der Waals surface area contributed by atoms with Crippen molar-refractivity contribution in [2.45, 2.75) is 25.7 Å². The van der Waals surface area contributed by atoms with Gasteiger partial charge in [-0.15, -0.1) is 0 Å². The fraction of sp³-hybridized carbons (Fsp3) is 0.294. The lowest BCUT2D eigenvalue weighted by atomic mass is 9.91. The minimum atomic E-state index is -0.989. The van der Waals surface area contributed by atoms with E-state index in [2.05, 4.69) is 4.98 Å². The van der Waals surface area contributed by atoms with Crippen molar-refractivity contribution in [1.82, 2.24) is 4.98 Å². The van der Waals surface area contributed by atoms with E-state index in [0.717, 1.165) is 11.3 Å². The van der Waals surface area contributed by atoms with Crippen molar-refractivity contribution in [3.8, 4) is 0 Å². The minimum Gasteiger partial charge on any atom is -0.465 e.